The van der Waals surface area contributed by atoms with Gasteiger partial charge in [0.25, 0.3) is 0 Å². The van der Waals surface area contributed by atoms with Crippen LogP contribution in [0.4, 0.5) is 4.79 Å². The Bertz CT molecular complexity index is 599. The molecule has 1 aromatic carbocycles. The first-order valence-electron chi connectivity index (χ1n) is 6.39. The lowest BCUT2D eigenvalue weighted by atomic mass is 10.1. The third-order valence-electron chi connectivity index (χ3n) is 2.97. The van der Waals surface area contributed by atoms with Gasteiger partial charge in [0.15, 0.2) is 6.04 Å². The monoisotopic (exact) mass is 304 g/mol. The van der Waals surface area contributed by atoms with Crippen LogP contribution in [-0.4, -0.2) is 29.1 Å². The van der Waals surface area contributed by atoms with Gasteiger partial charge in [-0.25, -0.2) is 9.59 Å². The Kier molecular flexibility index (Phi) is 4.94. The molecule has 2 aromatic rings. The van der Waals surface area contributed by atoms with E-state index in [4.69, 9.17) is 0 Å². The second-order valence-corrected chi connectivity index (χ2v) is 5.60. The number of aliphatic carboxylic acids is 1. The molecular weight excluding hydrogens is 288 g/mol. The van der Waals surface area contributed by atoms with Crippen LogP contribution in [-0.2, 0) is 11.3 Å². The smallest absolute Gasteiger partial charge is 0.330 e. The summed E-state index contributed by atoms with van der Waals surface area (Å²) in [5.74, 6) is -1.08. The van der Waals surface area contributed by atoms with Crippen LogP contribution < -0.4 is 5.32 Å². The number of nitrogens with zero attached hydrogens (tertiary/aromatic N) is 1. The van der Waals surface area contributed by atoms with Gasteiger partial charge in [0, 0.05) is 11.9 Å². The van der Waals surface area contributed by atoms with Gasteiger partial charge in [-0.15, -0.1) is 11.3 Å². The maximum Gasteiger partial charge on any atom is 0.330 e. The van der Waals surface area contributed by atoms with Gasteiger partial charge in [0.1, 0.15) is 0 Å². The molecule has 21 heavy (non-hydrogen) atoms. The van der Waals surface area contributed by atoms with Crippen molar-refractivity contribution in [2.45, 2.75) is 12.6 Å². The van der Waals surface area contributed by atoms with E-state index in [-0.39, 0.29) is 0 Å². The zero-order chi connectivity index (χ0) is 15.2. The molecule has 2 N–H and O–H groups in total. The maximum absolute atomic E-state index is 12.1. The molecule has 0 aliphatic heterocycles. The number of carboxylic acids is 1. The molecule has 2 amide bonds. The topological polar surface area (TPSA) is 69.6 Å². The van der Waals surface area contributed by atoms with Crippen molar-refractivity contribution in [3.05, 3.63) is 58.3 Å². The minimum Gasteiger partial charge on any atom is -0.479 e. The first-order valence-corrected chi connectivity index (χ1v) is 7.27. The fourth-order valence-electron chi connectivity index (χ4n) is 1.87. The van der Waals surface area contributed by atoms with Crippen molar-refractivity contribution in [3.8, 4) is 0 Å². The van der Waals surface area contributed by atoms with Crippen LogP contribution in [0.1, 0.15) is 16.5 Å². The van der Waals surface area contributed by atoms with E-state index in [2.05, 4.69) is 5.32 Å². The van der Waals surface area contributed by atoms with Gasteiger partial charge in [0.05, 0.1) is 6.54 Å². The third-order valence-corrected chi connectivity index (χ3v) is 3.83. The van der Waals surface area contributed by atoms with Gasteiger partial charge in [-0.3, -0.25) is 0 Å². The van der Waals surface area contributed by atoms with Crippen LogP contribution in [0, 0.1) is 0 Å². The van der Waals surface area contributed by atoms with Crippen molar-refractivity contribution in [1.29, 1.82) is 0 Å². The highest BCUT2D eigenvalue weighted by molar-refractivity contribution is 7.09. The third kappa shape index (κ3) is 4.06. The zero-order valence-electron chi connectivity index (χ0n) is 11.5. The van der Waals surface area contributed by atoms with Crippen LogP contribution >= 0.6 is 11.3 Å². The highest BCUT2D eigenvalue weighted by Gasteiger charge is 2.23. The van der Waals surface area contributed by atoms with E-state index >= 15 is 0 Å². The molecule has 0 aliphatic rings. The van der Waals surface area contributed by atoms with E-state index in [1.165, 1.54) is 4.90 Å². The van der Waals surface area contributed by atoms with E-state index in [0.29, 0.717) is 12.1 Å². The van der Waals surface area contributed by atoms with Crippen LogP contribution in [0.2, 0.25) is 0 Å². The summed E-state index contributed by atoms with van der Waals surface area (Å²) in [5, 5.41) is 13.8. The van der Waals surface area contributed by atoms with Crippen LogP contribution in [0.15, 0.2) is 47.8 Å². The Morgan fingerprint density at radius 2 is 1.95 bits per heavy atom. The molecule has 5 nitrogen and oxygen atoms in total. The maximum atomic E-state index is 12.1. The molecule has 0 bridgehead atoms. The summed E-state index contributed by atoms with van der Waals surface area (Å²) < 4.78 is 0. The largest absolute Gasteiger partial charge is 0.479 e. The molecule has 0 spiro atoms. The number of carboxylic acid groups (broad SMARTS) is 1. The highest BCUT2D eigenvalue weighted by Crippen LogP contribution is 2.14. The summed E-state index contributed by atoms with van der Waals surface area (Å²) in [6, 6.07) is 11.0. The lowest BCUT2D eigenvalue weighted by Gasteiger charge is -2.21. The Morgan fingerprint density at radius 1 is 1.24 bits per heavy atom. The highest BCUT2D eigenvalue weighted by atomic mass is 32.1. The molecule has 2 rings (SSSR count). The summed E-state index contributed by atoms with van der Waals surface area (Å²) in [6.45, 7) is 0.449. The second kappa shape index (κ2) is 6.90. The normalized spacial score (nSPS) is 11.7. The number of benzene rings is 1. The Hall–Kier alpha value is -2.34. The molecule has 0 saturated carbocycles. The van der Waals surface area contributed by atoms with Gasteiger partial charge in [-0.1, -0.05) is 36.4 Å². The molecule has 6 heteroatoms. The van der Waals surface area contributed by atoms with Gasteiger partial charge >= 0.3 is 12.0 Å². The van der Waals surface area contributed by atoms with Gasteiger partial charge in [-0.2, -0.15) is 0 Å². The predicted molar refractivity (Wildman–Crippen MR) is 81.1 cm³/mol. The summed E-state index contributed by atoms with van der Waals surface area (Å²) >= 11 is 1.55. The van der Waals surface area contributed by atoms with Crippen molar-refractivity contribution < 1.29 is 14.7 Å². The summed E-state index contributed by atoms with van der Waals surface area (Å²) in [6.07, 6.45) is 0. The second-order valence-electron chi connectivity index (χ2n) is 4.57. The first-order chi connectivity index (χ1) is 10.1. The molecule has 0 saturated heterocycles. The Morgan fingerprint density at radius 3 is 2.52 bits per heavy atom. The standard InChI is InChI=1S/C15H16N2O3S/c1-17(10-12-8-5-9-21-12)15(20)16-13(14(18)19)11-6-3-2-4-7-11/h2-9,13H,10H2,1H3,(H,16,20)(H,18,19)/t13-/m1/s1. The summed E-state index contributed by atoms with van der Waals surface area (Å²) in [5.41, 5.74) is 0.544. The van der Waals surface area contributed by atoms with Crippen molar-refractivity contribution in [2.24, 2.45) is 0 Å². The fraction of sp³-hybridized carbons (Fsp3) is 0.200. The number of hydrogen-bond donors (Lipinski definition) is 2. The van der Waals surface area contributed by atoms with Gasteiger partial charge in [0.2, 0.25) is 0 Å². The number of thiophene rings is 1. The summed E-state index contributed by atoms with van der Waals surface area (Å²) in [4.78, 5) is 26.0. The van der Waals surface area contributed by atoms with Crippen LogP contribution in [0.3, 0.4) is 0 Å². The number of rotatable bonds is 5. The van der Waals surface area contributed by atoms with E-state index in [1.54, 1.807) is 48.7 Å². The van der Waals surface area contributed by atoms with Crippen molar-refractivity contribution in [1.82, 2.24) is 10.2 Å². The average Bonchev–Trinajstić information content (AvgIpc) is 2.98. The molecule has 1 aromatic heterocycles. The molecule has 0 radical (unpaired) electrons. The zero-order valence-corrected chi connectivity index (χ0v) is 12.3. The van der Waals surface area contributed by atoms with Crippen molar-refractivity contribution in [2.75, 3.05) is 7.05 Å². The number of carbonyl (C=O) groups excluding carboxylic acids is 1. The minimum absolute atomic E-state index is 0.417. The van der Waals surface area contributed by atoms with Crippen molar-refractivity contribution >= 4 is 23.3 Å². The number of carbonyl (C=O) groups is 2. The molecule has 1 atom stereocenters. The quantitative estimate of drug-likeness (QED) is 0.892. The van der Waals surface area contributed by atoms with Gasteiger partial charge < -0.3 is 15.3 Å². The fourth-order valence-corrected chi connectivity index (χ4v) is 2.63. The van der Waals surface area contributed by atoms with E-state index in [0.717, 1.165) is 4.88 Å². The molecule has 0 unspecified atom stereocenters. The van der Waals surface area contributed by atoms with E-state index in [1.807, 2.05) is 17.5 Å². The average molecular weight is 304 g/mol. The Labute approximate surface area is 126 Å². The van der Waals surface area contributed by atoms with E-state index < -0.39 is 18.0 Å². The van der Waals surface area contributed by atoms with E-state index in [9.17, 15) is 14.7 Å². The summed E-state index contributed by atoms with van der Waals surface area (Å²) in [7, 11) is 1.64. The molecule has 110 valence electrons. The predicted octanol–water partition coefficient (Wildman–Crippen LogP) is 2.72. The molecular formula is C15H16N2O3S. The lowest BCUT2D eigenvalue weighted by Crippen LogP contribution is -2.41. The minimum atomic E-state index is -1.08. The van der Waals surface area contributed by atoms with Gasteiger partial charge in [-0.05, 0) is 17.0 Å². The van der Waals surface area contributed by atoms with Crippen LogP contribution in [0.25, 0.3) is 0 Å². The first kappa shape index (κ1) is 15.1. The number of hydrogen-bond acceptors (Lipinski definition) is 3. The molecule has 0 aliphatic carbocycles. The van der Waals surface area contributed by atoms with Crippen LogP contribution in [0.5, 0.6) is 0 Å². The van der Waals surface area contributed by atoms with Crippen molar-refractivity contribution in [3.63, 3.8) is 0 Å². The molecule has 0 fully saturated rings. The number of nitrogens with one attached hydrogen (secondary N) is 1. The number of amides is 2. The Balaban J connectivity index is 2.03. The number of urea groups is 1. The SMILES string of the molecule is CN(Cc1cccs1)C(=O)N[C@@H](C(=O)O)c1ccccc1. The molecule has 1 heterocycles. The lowest BCUT2D eigenvalue weighted by molar-refractivity contribution is -0.139.